The van der Waals surface area contributed by atoms with Gasteiger partial charge in [0, 0.05) is 35.4 Å². The highest BCUT2D eigenvalue weighted by atomic mass is 19.1. The number of likely N-dealkylation sites (N-methyl/N-ethyl adjacent to an activating group) is 1. The SMILES string of the molecule is CN(C)CCOc1cc(F)cc(-c2cccc3[nH]c(-c4n[nH]c5ccc(C6=CCNCC6)cc45)cc23)c1. The lowest BCUT2D eigenvalue weighted by molar-refractivity contribution is 0.260. The fourth-order valence-electron chi connectivity index (χ4n) is 4.99. The number of nitrogens with zero attached hydrogens (tertiary/aromatic N) is 2. The molecule has 6 rings (SSSR count). The first kappa shape index (κ1) is 23.5. The number of benzene rings is 3. The van der Waals surface area contributed by atoms with Crippen LogP contribution < -0.4 is 10.1 Å². The summed E-state index contributed by atoms with van der Waals surface area (Å²) in [6, 6.07) is 19.5. The van der Waals surface area contributed by atoms with Gasteiger partial charge in [0.2, 0.25) is 0 Å². The van der Waals surface area contributed by atoms with E-state index in [0.717, 1.165) is 70.4 Å². The second-order valence-corrected chi connectivity index (χ2v) is 9.79. The van der Waals surface area contributed by atoms with Crippen molar-refractivity contribution in [2.75, 3.05) is 40.3 Å². The number of aromatic nitrogens is 3. The highest BCUT2D eigenvalue weighted by Gasteiger charge is 2.16. The first-order valence-corrected chi connectivity index (χ1v) is 12.6. The highest BCUT2D eigenvalue weighted by Crippen LogP contribution is 2.36. The molecule has 0 spiro atoms. The first-order chi connectivity index (χ1) is 18.0. The summed E-state index contributed by atoms with van der Waals surface area (Å²) in [5.41, 5.74) is 8.08. The molecule has 0 atom stereocenters. The quantitative estimate of drug-likeness (QED) is 0.266. The normalized spacial score (nSPS) is 14.0. The number of hydrogen-bond donors (Lipinski definition) is 3. The third-order valence-electron chi connectivity index (χ3n) is 6.91. The van der Waals surface area contributed by atoms with Crippen LogP contribution >= 0.6 is 0 Å². The van der Waals surface area contributed by atoms with E-state index >= 15 is 0 Å². The van der Waals surface area contributed by atoms with Gasteiger partial charge in [-0.05, 0) is 85.7 Å². The Morgan fingerprint density at radius 1 is 0.973 bits per heavy atom. The molecule has 3 aromatic carbocycles. The van der Waals surface area contributed by atoms with E-state index in [-0.39, 0.29) is 5.82 Å². The molecule has 0 aliphatic carbocycles. The van der Waals surface area contributed by atoms with E-state index in [1.807, 2.05) is 43.3 Å². The van der Waals surface area contributed by atoms with Crippen LogP contribution in [0.2, 0.25) is 0 Å². The molecule has 5 aromatic rings. The van der Waals surface area contributed by atoms with Crippen LogP contribution in [0.1, 0.15) is 12.0 Å². The molecule has 0 radical (unpaired) electrons. The molecule has 2 aromatic heterocycles. The van der Waals surface area contributed by atoms with E-state index < -0.39 is 0 Å². The van der Waals surface area contributed by atoms with Gasteiger partial charge < -0.3 is 19.9 Å². The van der Waals surface area contributed by atoms with Crippen LogP contribution in [0.4, 0.5) is 4.39 Å². The number of halogens is 1. The molecule has 0 saturated heterocycles. The molecule has 0 saturated carbocycles. The van der Waals surface area contributed by atoms with Crippen molar-refractivity contribution in [2.45, 2.75) is 6.42 Å². The molecule has 188 valence electrons. The zero-order valence-electron chi connectivity index (χ0n) is 21.1. The molecule has 1 aliphatic rings. The maximum atomic E-state index is 14.6. The number of ether oxygens (including phenoxy) is 1. The summed E-state index contributed by atoms with van der Waals surface area (Å²) in [6.45, 7) is 3.15. The van der Waals surface area contributed by atoms with Gasteiger partial charge in [-0.2, -0.15) is 5.10 Å². The van der Waals surface area contributed by atoms with Crippen molar-refractivity contribution in [1.29, 1.82) is 0 Å². The predicted octanol–water partition coefficient (Wildman–Crippen LogP) is 5.83. The largest absolute Gasteiger partial charge is 0.492 e. The summed E-state index contributed by atoms with van der Waals surface area (Å²) in [6.07, 6.45) is 3.28. The average Bonchev–Trinajstić information content (AvgIpc) is 3.52. The Hall–Kier alpha value is -3.94. The van der Waals surface area contributed by atoms with Crippen molar-refractivity contribution in [2.24, 2.45) is 0 Å². The molecule has 37 heavy (non-hydrogen) atoms. The van der Waals surface area contributed by atoms with Gasteiger partial charge in [-0.1, -0.05) is 24.3 Å². The fraction of sp³-hybridized carbons (Fsp3) is 0.233. The lowest BCUT2D eigenvalue weighted by atomic mass is 9.98. The Morgan fingerprint density at radius 3 is 2.73 bits per heavy atom. The van der Waals surface area contributed by atoms with Crippen LogP contribution in [0, 0.1) is 5.82 Å². The number of aromatic amines is 2. The number of fused-ring (bicyclic) bond motifs is 2. The molecular formula is C30H30FN5O. The van der Waals surface area contributed by atoms with Crippen molar-refractivity contribution >= 4 is 27.4 Å². The van der Waals surface area contributed by atoms with E-state index in [0.29, 0.717) is 12.4 Å². The van der Waals surface area contributed by atoms with Crippen LogP contribution in [-0.2, 0) is 0 Å². The molecule has 7 heteroatoms. The van der Waals surface area contributed by atoms with E-state index in [4.69, 9.17) is 4.74 Å². The minimum atomic E-state index is -0.317. The lowest BCUT2D eigenvalue weighted by Gasteiger charge is -2.14. The summed E-state index contributed by atoms with van der Waals surface area (Å²) < 4.78 is 20.4. The molecular weight excluding hydrogens is 465 g/mol. The van der Waals surface area contributed by atoms with E-state index in [1.54, 1.807) is 6.07 Å². The fourth-order valence-corrected chi connectivity index (χ4v) is 4.99. The van der Waals surface area contributed by atoms with Gasteiger partial charge in [-0.15, -0.1) is 0 Å². The second kappa shape index (κ2) is 9.84. The number of rotatable bonds is 7. The summed E-state index contributed by atoms with van der Waals surface area (Å²) in [7, 11) is 3.97. The molecule has 3 heterocycles. The zero-order valence-corrected chi connectivity index (χ0v) is 21.1. The Kier molecular flexibility index (Phi) is 6.24. The number of H-pyrrole nitrogens is 2. The van der Waals surface area contributed by atoms with Crippen LogP contribution in [0.25, 0.3) is 49.9 Å². The second-order valence-electron chi connectivity index (χ2n) is 9.79. The Labute approximate surface area is 215 Å². The van der Waals surface area contributed by atoms with Gasteiger partial charge in [0.05, 0.1) is 11.2 Å². The maximum Gasteiger partial charge on any atom is 0.127 e. The molecule has 0 fully saturated rings. The molecule has 0 unspecified atom stereocenters. The van der Waals surface area contributed by atoms with Gasteiger partial charge >= 0.3 is 0 Å². The van der Waals surface area contributed by atoms with Gasteiger partial charge in [-0.3, -0.25) is 5.10 Å². The maximum absolute atomic E-state index is 14.6. The highest BCUT2D eigenvalue weighted by molar-refractivity contribution is 6.01. The topological polar surface area (TPSA) is 69.0 Å². The lowest BCUT2D eigenvalue weighted by Crippen LogP contribution is -2.19. The molecule has 6 nitrogen and oxygen atoms in total. The monoisotopic (exact) mass is 495 g/mol. The number of nitrogens with one attached hydrogen (secondary N) is 3. The minimum absolute atomic E-state index is 0.317. The van der Waals surface area contributed by atoms with E-state index in [2.05, 4.69) is 50.8 Å². The van der Waals surface area contributed by atoms with Crippen LogP contribution in [-0.4, -0.2) is 60.4 Å². The van der Waals surface area contributed by atoms with E-state index in [1.165, 1.54) is 17.2 Å². The van der Waals surface area contributed by atoms with Crippen molar-refractivity contribution in [3.05, 3.63) is 78.1 Å². The van der Waals surface area contributed by atoms with Crippen molar-refractivity contribution in [1.82, 2.24) is 25.4 Å². The van der Waals surface area contributed by atoms with Gasteiger partial charge in [-0.25, -0.2) is 4.39 Å². The predicted molar refractivity (Wildman–Crippen MR) is 148 cm³/mol. The van der Waals surface area contributed by atoms with Crippen molar-refractivity contribution < 1.29 is 9.13 Å². The molecule has 0 bridgehead atoms. The Morgan fingerprint density at radius 2 is 1.89 bits per heavy atom. The summed E-state index contributed by atoms with van der Waals surface area (Å²) >= 11 is 0. The third-order valence-corrected chi connectivity index (χ3v) is 6.91. The average molecular weight is 496 g/mol. The van der Waals surface area contributed by atoms with E-state index in [9.17, 15) is 4.39 Å². The standard InChI is InChI=1S/C30H30FN5O/c1-36(2)12-13-37-23-15-21(14-22(31)17-23)24-4-3-5-27-25(24)18-29(33-27)30-26-16-20(6-7-28(26)34-35-30)19-8-10-32-11-9-19/h3-8,14-18,32-33H,9-13H2,1-2H3,(H,34,35). The molecule has 1 aliphatic heterocycles. The number of hydrogen-bond acceptors (Lipinski definition) is 4. The molecule has 0 amide bonds. The van der Waals surface area contributed by atoms with Crippen molar-refractivity contribution in [3.63, 3.8) is 0 Å². The zero-order chi connectivity index (χ0) is 25.4. The first-order valence-electron chi connectivity index (χ1n) is 12.6. The van der Waals surface area contributed by atoms with Gasteiger partial charge in [0.15, 0.2) is 0 Å². The van der Waals surface area contributed by atoms with Crippen molar-refractivity contribution in [3.8, 4) is 28.3 Å². The minimum Gasteiger partial charge on any atom is -0.492 e. The third kappa shape index (κ3) is 4.75. The van der Waals surface area contributed by atoms with Crippen LogP contribution in [0.15, 0.2) is 66.7 Å². The Bertz CT molecular complexity index is 1610. The summed E-state index contributed by atoms with van der Waals surface area (Å²) in [5.74, 6) is 0.214. The smallest absolute Gasteiger partial charge is 0.127 e. The molecule has 3 N–H and O–H groups in total. The summed E-state index contributed by atoms with van der Waals surface area (Å²) in [5, 5.41) is 13.3. The van der Waals surface area contributed by atoms with Crippen LogP contribution in [0.5, 0.6) is 5.75 Å². The van der Waals surface area contributed by atoms with Crippen LogP contribution in [0.3, 0.4) is 0 Å². The summed E-state index contributed by atoms with van der Waals surface area (Å²) in [4.78, 5) is 5.57. The Balaban J connectivity index is 1.39. The van der Waals surface area contributed by atoms with Gasteiger partial charge in [0.25, 0.3) is 0 Å². The van der Waals surface area contributed by atoms with Gasteiger partial charge in [0.1, 0.15) is 23.9 Å².